The molecule has 0 aliphatic rings. The standard InChI is InChI=1S/C8H12IN3O3/c1-8(15,3-13)2-10-6-5(9)7(14)12-4-11-6/h4,13,15H,2-3H2,1H3,(H2,10,11,12,14). The summed E-state index contributed by atoms with van der Waals surface area (Å²) in [6.07, 6.45) is 1.28. The molecular weight excluding hydrogens is 313 g/mol. The summed E-state index contributed by atoms with van der Waals surface area (Å²) < 4.78 is 0.420. The molecule has 7 heteroatoms. The van der Waals surface area contributed by atoms with E-state index < -0.39 is 5.60 Å². The monoisotopic (exact) mass is 325 g/mol. The molecule has 84 valence electrons. The summed E-state index contributed by atoms with van der Waals surface area (Å²) in [5.41, 5.74) is -1.47. The minimum Gasteiger partial charge on any atom is -0.393 e. The number of aliphatic hydroxyl groups excluding tert-OH is 1. The Morgan fingerprint density at radius 1 is 1.73 bits per heavy atom. The van der Waals surface area contributed by atoms with Gasteiger partial charge in [-0.05, 0) is 29.5 Å². The van der Waals surface area contributed by atoms with Gasteiger partial charge in [-0.2, -0.15) is 0 Å². The predicted octanol–water partition coefficient (Wildman–Crippen LogP) is -0.470. The molecule has 1 heterocycles. The zero-order valence-corrected chi connectivity index (χ0v) is 10.3. The maximum Gasteiger partial charge on any atom is 0.266 e. The Morgan fingerprint density at radius 2 is 2.40 bits per heavy atom. The molecule has 1 rings (SSSR count). The van der Waals surface area contributed by atoms with Gasteiger partial charge in [0.2, 0.25) is 0 Å². The number of hydrogen-bond donors (Lipinski definition) is 4. The Hall–Kier alpha value is -0.670. The summed E-state index contributed by atoms with van der Waals surface area (Å²) in [6.45, 7) is 1.25. The van der Waals surface area contributed by atoms with Crippen LogP contribution in [0.15, 0.2) is 11.1 Å². The smallest absolute Gasteiger partial charge is 0.266 e. The fraction of sp³-hybridized carbons (Fsp3) is 0.500. The summed E-state index contributed by atoms with van der Waals surface area (Å²) >= 11 is 1.86. The lowest BCUT2D eigenvalue weighted by atomic mass is 10.1. The molecule has 0 aromatic carbocycles. The molecule has 15 heavy (non-hydrogen) atoms. The van der Waals surface area contributed by atoms with Gasteiger partial charge in [-0.1, -0.05) is 0 Å². The van der Waals surface area contributed by atoms with Crippen LogP contribution in [0, 0.1) is 3.57 Å². The van der Waals surface area contributed by atoms with Crippen LogP contribution in [0.3, 0.4) is 0 Å². The Bertz CT molecular complexity index is 391. The third-order valence-corrected chi connectivity index (χ3v) is 2.77. The first-order valence-electron chi connectivity index (χ1n) is 4.26. The van der Waals surface area contributed by atoms with Gasteiger partial charge >= 0.3 is 0 Å². The van der Waals surface area contributed by atoms with Crippen molar-refractivity contribution in [3.8, 4) is 0 Å². The normalized spacial score (nSPS) is 14.7. The van der Waals surface area contributed by atoms with Crippen molar-refractivity contribution in [2.75, 3.05) is 18.5 Å². The lowest BCUT2D eigenvalue weighted by molar-refractivity contribution is 0.0131. The Morgan fingerprint density at radius 3 is 3.00 bits per heavy atom. The van der Waals surface area contributed by atoms with Crippen LogP contribution in [0.25, 0.3) is 0 Å². The van der Waals surface area contributed by atoms with Crippen molar-refractivity contribution in [2.24, 2.45) is 0 Å². The molecule has 0 aliphatic heterocycles. The van der Waals surface area contributed by atoms with E-state index in [9.17, 15) is 9.90 Å². The topological polar surface area (TPSA) is 98.2 Å². The van der Waals surface area contributed by atoms with Gasteiger partial charge in [0.1, 0.15) is 15.0 Å². The Kier molecular flexibility index (Phi) is 4.05. The van der Waals surface area contributed by atoms with E-state index in [4.69, 9.17) is 5.11 Å². The molecule has 0 saturated heterocycles. The highest BCUT2D eigenvalue weighted by atomic mass is 127. The highest BCUT2D eigenvalue weighted by Gasteiger charge is 2.19. The van der Waals surface area contributed by atoms with Gasteiger partial charge in [-0.25, -0.2) is 4.98 Å². The molecule has 0 spiro atoms. The second-order valence-electron chi connectivity index (χ2n) is 3.40. The predicted molar refractivity (Wildman–Crippen MR) is 63.8 cm³/mol. The number of anilines is 1. The van der Waals surface area contributed by atoms with Gasteiger partial charge in [0.05, 0.1) is 12.9 Å². The van der Waals surface area contributed by atoms with E-state index in [0.29, 0.717) is 9.39 Å². The molecule has 4 N–H and O–H groups in total. The van der Waals surface area contributed by atoms with Crippen LogP contribution >= 0.6 is 22.6 Å². The number of hydrogen-bond acceptors (Lipinski definition) is 5. The fourth-order valence-electron chi connectivity index (χ4n) is 0.836. The molecule has 1 unspecified atom stereocenters. The first-order valence-corrected chi connectivity index (χ1v) is 5.34. The van der Waals surface area contributed by atoms with Crippen LogP contribution in [0.4, 0.5) is 5.82 Å². The van der Waals surface area contributed by atoms with Gasteiger partial charge in [0.15, 0.2) is 0 Å². The maximum atomic E-state index is 11.2. The van der Waals surface area contributed by atoms with Crippen LogP contribution in [-0.2, 0) is 0 Å². The quantitative estimate of drug-likeness (QED) is 0.561. The summed E-state index contributed by atoms with van der Waals surface area (Å²) in [6, 6.07) is 0. The van der Waals surface area contributed by atoms with Crippen LogP contribution in [0.5, 0.6) is 0 Å². The number of aromatic amines is 1. The second kappa shape index (κ2) is 4.90. The third-order valence-electron chi connectivity index (χ3n) is 1.77. The zero-order chi connectivity index (χ0) is 11.5. The van der Waals surface area contributed by atoms with E-state index >= 15 is 0 Å². The molecular formula is C8H12IN3O3. The average molecular weight is 325 g/mol. The Balaban J connectivity index is 2.74. The summed E-state index contributed by atoms with van der Waals surface area (Å²) in [4.78, 5) is 17.5. The average Bonchev–Trinajstić information content (AvgIpc) is 2.20. The van der Waals surface area contributed by atoms with E-state index in [1.54, 1.807) is 0 Å². The number of rotatable bonds is 4. The van der Waals surface area contributed by atoms with Gasteiger partial charge in [0.25, 0.3) is 5.56 Å². The lowest BCUT2D eigenvalue weighted by Gasteiger charge is -2.21. The summed E-state index contributed by atoms with van der Waals surface area (Å²) in [7, 11) is 0. The van der Waals surface area contributed by atoms with Crippen LogP contribution in [0.2, 0.25) is 0 Å². The highest BCUT2D eigenvalue weighted by molar-refractivity contribution is 14.1. The number of nitrogens with zero attached hydrogens (tertiary/aromatic N) is 1. The third kappa shape index (κ3) is 3.43. The highest BCUT2D eigenvalue weighted by Crippen LogP contribution is 2.10. The van der Waals surface area contributed by atoms with Crippen LogP contribution in [0.1, 0.15) is 6.92 Å². The number of halogens is 1. The van der Waals surface area contributed by atoms with E-state index in [1.165, 1.54) is 13.3 Å². The van der Waals surface area contributed by atoms with Gasteiger partial charge in [-0.15, -0.1) is 0 Å². The first kappa shape index (κ1) is 12.4. The largest absolute Gasteiger partial charge is 0.393 e. The van der Waals surface area contributed by atoms with E-state index in [0.717, 1.165) is 0 Å². The van der Waals surface area contributed by atoms with Crippen molar-refractivity contribution in [1.29, 1.82) is 0 Å². The van der Waals surface area contributed by atoms with Crippen molar-refractivity contribution < 1.29 is 10.2 Å². The number of nitrogens with one attached hydrogen (secondary N) is 2. The van der Waals surface area contributed by atoms with E-state index in [1.807, 2.05) is 22.6 Å². The number of aliphatic hydroxyl groups is 2. The van der Waals surface area contributed by atoms with Crippen molar-refractivity contribution in [3.63, 3.8) is 0 Å². The number of H-pyrrole nitrogens is 1. The number of aromatic nitrogens is 2. The SMILES string of the molecule is CC(O)(CO)CNc1nc[nH]c(=O)c1I. The van der Waals surface area contributed by atoms with Gasteiger partial charge in [0, 0.05) is 6.54 Å². The molecule has 0 aliphatic carbocycles. The molecule has 0 bridgehead atoms. The molecule has 0 radical (unpaired) electrons. The molecule has 0 fully saturated rings. The minimum atomic E-state index is -1.23. The van der Waals surface area contributed by atoms with Gasteiger partial charge in [-0.3, -0.25) is 4.79 Å². The second-order valence-corrected chi connectivity index (χ2v) is 4.48. The molecule has 1 aromatic rings. The maximum absolute atomic E-state index is 11.2. The first-order chi connectivity index (χ1) is 6.96. The van der Waals surface area contributed by atoms with Crippen LogP contribution < -0.4 is 10.9 Å². The van der Waals surface area contributed by atoms with Crippen LogP contribution in [-0.4, -0.2) is 38.9 Å². The van der Waals surface area contributed by atoms with Gasteiger partial charge < -0.3 is 20.5 Å². The molecule has 1 aromatic heterocycles. The summed E-state index contributed by atoms with van der Waals surface area (Å²) in [5.74, 6) is 0.396. The molecule has 0 saturated carbocycles. The Labute approximate surface area is 99.9 Å². The van der Waals surface area contributed by atoms with E-state index in [-0.39, 0.29) is 18.7 Å². The minimum absolute atomic E-state index is 0.121. The van der Waals surface area contributed by atoms with Crippen molar-refractivity contribution >= 4 is 28.4 Å². The lowest BCUT2D eigenvalue weighted by Crippen LogP contribution is -2.37. The molecule has 6 nitrogen and oxygen atoms in total. The zero-order valence-electron chi connectivity index (χ0n) is 8.12. The van der Waals surface area contributed by atoms with E-state index in [2.05, 4.69) is 15.3 Å². The van der Waals surface area contributed by atoms with Crippen molar-refractivity contribution in [3.05, 3.63) is 20.3 Å². The molecule has 0 amide bonds. The molecule has 1 atom stereocenters. The van der Waals surface area contributed by atoms with Crippen molar-refractivity contribution in [2.45, 2.75) is 12.5 Å². The van der Waals surface area contributed by atoms with Crippen molar-refractivity contribution in [1.82, 2.24) is 9.97 Å². The summed E-state index contributed by atoms with van der Waals surface area (Å²) in [5, 5.41) is 21.1. The fourth-order valence-corrected chi connectivity index (χ4v) is 1.32.